The van der Waals surface area contributed by atoms with E-state index in [4.69, 9.17) is 23.2 Å². The number of carbonyl (C=O) groups is 1. The van der Waals surface area contributed by atoms with Crippen molar-refractivity contribution < 1.29 is 9.90 Å². The molecule has 1 aromatic heterocycles. The molecule has 0 bridgehead atoms. The van der Waals surface area contributed by atoms with E-state index in [2.05, 4.69) is 10.3 Å². The first-order chi connectivity index (χ1) is 8.35. The lowest BCUT2D eigenvalue weighted by Gasteiger charge is -2.22. The third-order valence-electron chi connectivity index (χ3n) is 2.14. The van der Waals surface area contributed by atoms with Gasteiger partial charge in [-0.25, -0.2) is 4.98 Å². The Morgan fingerprint density at radius 2 is 2.22 bits per heavy atom. The molecule has 0 aliphatic carbocycles. The highest BCUT2D eigenvalue weighted by molar-refractivity contribution is 7.98. The molecule has 1 heterocycles. The number of thioether (sulfide) groups is 1. The Labute approximate surface area is 120 Å². The number of hydrogen-bond acceptors (Lipinski definition) is 4. The van der Waals surface area contributed by atoms with Crippen LogP contribution in [-0.2, 0) is 0 Å². The first-order valence-electron chi connectivity index (χ1n) is 5.17. The molecular formula is C11H14Cl2N2O2S. The molecule has 18 heavy (non-hydrogen) atoms. The second-order valence-electron chi connectivity index (χ2n) is 4.08. The predicted molar refractivity (Wildman–Crippen MR) is 75.6 cm³/mol. The number of pyridine rings is 1. The van der Waals surface area contributed by atoms with E-state index in [-0.39, 0.29) is 28.3 Å². The molecule has 0 radical (unpaired) electrons. The molecule has 1 aromatic rings. The maximum absolute atomic E-state index is 11.8. The lowest BCUT2D eigenvalue weighted by molar-refractivity contribution is 0.0725. The van der Waals surface area contributed by atoms with E-state index >= 15 is 0 Å². The number of amides is 1. The smallest absolute Gasteiger partial charge is 0.254 e. The number of rotatable bonds is 5. The minimum absolute atomic E-state index is 0.0458. The minimum Gasteiger partial charge on any atom is -0.387 e. The van der Waals surface area contributed by atoms with Gasteiger partial charge in [-0.2, -0.15) is 11.8 Å². The summed E-state index contributed by atoms with van der Waals surface area (Å²) in [4.78, 5) is 15.6. The van der Waals surface area contributed by atoms with E-state index in [1.165, 1.54) is 23.9 Å². The van der Waals surface area contributed by atoms with Crippen molar-refractivity contribution in [2.45, 2.75) is 12.5 Å². The highest BCUT2D eigenvalue weighted by Gasteiger charge is 2.21. The van der Waals surface area contributed by atoms with Crippen LogP contribution in [0.3, 0.4) is 0 Å². The van der Waals surface area contributed by atoms with E-state index < -0.39 is 5.60 Å². The summed E-state index contributed by atoms with van der Waals surface area (Å²) in [5.41, 5.74) is -0.720. The molecule has 0 saturated carbocycles. The average molecular weight is 309 g/mol. The van der Waals surface area contributed by atoms with Crippen molar-refractivity contribution >= 4 is 40.9 Å². The number of nitrogens with zero attached hydrogens (tertiary/aromatic N) is 1. The van der Waals surface area contributed by atoms with Crippen LogP contribution < -0.4 is 5.32 Å². The number of nitrogens with one attached hydrogen (secondary N) is 1. The highest BCUT2D eigenvalue weighted by Crippen LogP contribution is 2.17. The van der Waals surface area contributed by atoms with Crippen LogP contribution in [0.4, 0.5) is 0 Å². The Hall–Kier alpha value is -0.490. The molecule has 0 aliphatic rings. The van der Waals surface area contributed by atoms with Crippen molar-refractivity contribution in [3.63, 3.8) is 0 Å². The summed E-state index contributed by atoms with van der Waals surface area (Å²) >= 11 is 13.0. The SMILES string of the molecule is CSCC(C)(O)CNC(=O)c1ccc(Cl)nc1Cl. The molecule has 1 rings (SSSR count). The molecule has 4 nitrogen and oxygen atoms in total. The third kappa shape index (κ3) is 4.65. The number of halogens is 2. The number of hydrogen-bond donors (Lipinski definition) is 2. The fraction of sp³-hybridized carbons (Fsp3) is 0.455. The molecule has 1 unspecified atom stereocenters. The van der Waals surface area contributed by atoms with E-state index in [0.717, 1.165) is 0 Å². The van der Waals surface area contributed by atoms with Gasteiger partial charge in [-0.05, 0) is 25.3 Å². The Balaban J connectivity index is 2.66. The van der Waals surface area contributed by atoms with E-state index in [0.29, 0.717) is 5.75 Å². The van der Waals surface area contributed by atoms with E-state index in [1.54, 1.807) is 6.92 Å². The first kappa shape index (κ1) is 15.6. The van der Waals surface area contributed by atoms with Crippen molar-refractivity contribution in [3.05, 3.63) is 28.0 Å². The van der Waals surface area contributed by atoms with Crippen LogP contribution in [0.5, 0.6) is 0 Å². The molecule has 7 heteroatoms. The summed E-state index contributed by atoms with van der Waals surface area (Å²) in [6.45, 7) is 1.80. The van der Waals surface area contributed by atoms with Crippen LogP contribution >= 0.6 is 35.0 Å². The molecule has 1 atom stereocenters. The lowest BCUT2D eigenvalue weighted by Crippen LogP contribution is -2.42. The molecule has 1 amide bonds. The molecule has 0 aromatic carbocycles. The van der Waals surface area contributed by atoms with Gasteiger partial charge in [0.15, 0.2) is 0 Å². The first-order valence-corrected chi connectivity index (χ1v) is 7.32. The highest BCUT2D eigenvalue weighted by atomic mass is 35.5. The summed E-state index contributed by atoms with van der Waals surface area (Å²) in [5.74, 6) is 0.144. The van der Waals surface area contributed by atoms with Crippen molar-refractivity contribution in [1.29, 1.82) is 0 Å². The van der Waals surface area contributed by atoms with Crippen LogP contribution in [0, 0.1) is 0 Å². The molecule has 0 fully saturated rings. The summed E-state index contributed by atoms with van der Waals surface area (Å²) in [5, 5.41) is 12.8. The van der Waals surface area contributed by atoms with Crippen LogP contribution in [0.25, 0.3) is 0 Å². The zero-order valence-electron chi connectivity index (χ0n) is 10.0. The maximum atomic E-state index is 11.8. The maximum Gasteiger partial charge on any atom is 0.254 e. The zero-order chi connectivity index (χ0) is 13.8. The quantitative estimate of drug-likeness (QED) is 0.819. The van der Waals surface area contributed by atoms with Crippen LogP contribution in [0.15, 0.2) is 12.1 Å². The predicted octanol–water partition coefficient (Wildman–Crippen LogP) is 2.23. The Kier molecular flexibility index (Phi) is 5.72. The molecule has 2 N–H and O–H groups in total. The van der Waals surface area contributed by atoms with Gasteiger partial charge in [-0.3, -0.25) is 4.79 Å². The van der Waals surface area contributed by atoms with Crippen molar-refractivity contribution in [2.24, 2.45) is 0 Å². The van der Waals surface area contributed by atoms with Crippen molar-refractivity contribution in [3.8, 4) is 0 Å². The lowest BCUT2D eigenvalue weighted by atomic mass is 10.1. The van der Waals surface area contributed by atoms with E-state index in [9.17, 15) is 9.90 Å². The molecule has 0 saturated heterocycles. The minimum atomic E-state index is -0.957. The summed E-state index contributed by atoms with van der Waals surface area (Å²) < 4.78 is 0. The standard InChI is InChI=1S/C11H14Cl2N2O2S/c1-11(17,6-18-2)5-14-10(16)7-3-4-8(12)15-9(7)13/h3-4,17H,5-6H2,1-2H3,(H,14,16). The van der Waals surface area contributed by atoms with Crippen LogP contribution in [-0.4, -0.2) is 40.2 Å². The van der Waals surface area contributed by atoms with Crippen LogP contribution in [0.2, 0.25) is 10.3 Å². The number of carbonyl (C=O) groups excluding carboxylic acids is 1. The van der Waals surface area contributed by atoms with Gasteiger partial charge < -0.3 is 10.4 Å². The van der Waals surface area contributed by atoms with Gasteiger partial charge in [-0.1, -0.05) is 23.2 Å². The van der Waals surface area contributed by atoms with Gasteiger partial charge in [0.2, 0.25) is 0 Å². The van der Waals surface area contributed by atoms with Crippen molar-refractivity contribution in [1.82, 2.24) is 10.3 Å². The summed E-state index contributed by atoms with van der Waals surface area (Å²) in [7, 11) is 0. The fourth-order valence-electron chi connectivity index (χ4n) is 1.31. The number of aromatic nitrogens is 1. The third-order valence-corrected chi connectivity index (χ3v) is 3.55. The summed E-state index contributed by atoms with van der Waals surface area (Å²) in [6.07, 6.45) is 1.89. The van der Waals surface area contributed by atoms with Gasteiger partial charge in [0.1, 0.15) is 10.3 Å². The molecule has 0 aliphatic heterocycles. The molecule has 100 valence electrons. The van der Waals surface area contributed by atoms with Gasteiger partial charge >= 0.3 is 0 Å². The Morgan fingerprint density at radius 1 is 1.56 bits per heavy atom. The molecule has 0 spiro atoms. The van der Waals surface area contributed by atoms with Gasteiger partial charge in [0, 0.05) is 12.3 Å². The van der Waals surface area contributed by atoms with Gasteiger partial charge in [0.25, 0.3) is 5.91 Å². The van der Waals surface area contributed by atoms with Gasteiger partial charge in [0.05, 0.1) is 11.2 Å². The monoisotopic (exact) mass is 308 g/mol. The van der Waals surface area contributed by atoms with Crippen LogP contribution in [0.1, 0.15) is 17.3 Å². The van der Waals surface area contributed by atoms with Gasteiger partial charge in [-0.15, -0.1) is 0 Å². The second-order valence-corrected chi connectivity index (χ2v) is 5.70. The average Bonchev–Trinajstić information content (AvgIpc) is 2.26. The largest absolute Gasteiger partial charge is 0.387 e. The Morgan fingerprint density at radius 3 is 2.78 bits per heavy atom. The zero-order valence-corrected chi connectivity index (χ0v) is 12.4. The topological polar surface area (TPSA) is 62.2 Å². The molecular weight excluding hydrogens is 295 g/mol. The second kappa shape index (κ2) is 6.61. The fourth-order valence-corrected chi connectivity index (χ4v) is 2.46. The number of aliphatic hydroxyl groups is 1. The normalized spacial score (nSPS) is 14.1. The summed E-state index contributed by atoms with van der Waals surface area (Å²) in [6, 6.07) is 2.98. The Bertz CT molecular complexity index is 441. The van der Waals surface area contributed by atoms with E-state index in [1.807, 2.05) is 6.26 Å². The van der Waals surface area contributed by atoms with Crippen molar-refractivity contribution in [2.75, 3.05) is 18.6 Å².